The Hall–Kier alpha value is -0.120. The molecule has 0 spiro atoms. The normalized spacial score (nSPS) is 28.1. The summed E-state index contributed by atoms with van der Waals surface area (Å²) >= 11 is 0. The van der Waals surface area contributed by atoms with E-state index in [0.717, 1.165) is 31.5 Å². The van der Waals surface area contributed by atoms with Crippen LogP contribution in [0.2, 0.25) is 0 Å². The van der Waals surface area contributed by atoms with Crippen molar-refractivity contribution in [3.8, 4) is 0 Å². The summed E-state index contributed by atoms with van der Waals surface area (Å²) in [5.74, 6) is 1.64. The average molecular weight is 284 g/mol. The number of hydrogen-bond donors (Lipinski definition) is 2. The molecular weight excluding hydrogens is 248 g/mol. The molecule has 120 valence electrons. The van der Waals surface area contributed by atoms with Crippen LogP contribution in [0, 0.1) is 11.8 Å². The lowest BCUT2D eigenvalue weighted by atomic mass is 9.76. The minimum absolute atomic E-state index is 0.597. The summed E-state index contributed by atoms with van der Waals surface area (Å²) < 4.78 is 0. The predicted molar refractivity (Wildman–Crippen MR) is 87.0 cm³/mol. The molecular formula is C17H36N2O. The first kappa shape index (κ1) is 17.9. The molecule has 1 aliphatic carbocycles. The van der Waals surface area contributed by atoms with Crippen LogP contribution in [0.1, 0.15) is 59.8 Å². The summed E-state index contributed by atoms with van der Waals surface area (Å²) in [4.78, 5) is 2.31. The van der Waals surface area contributed by atoms with Crippen molar-refractivity contribution in [2.45, 2.75) is 71.4 Å². The van der Waals surface area contributed by atoms with Crippen LogP contribution in [0.5, 0.6) is 0 Å². The number of rotatable bonds is 8. The fourth-order valence-corrected chi connectivity index (χ4v) is 3.89. The van der Waals surface area contributed by atoms with Crippen molar-refractivity contribution >= 4 is 0 Å². The molecule has 1 saturated carbocycles. The molecule has 3 heteroatoms. The van der Waals surface area contributed by atoms with Gasteiger partial charge >= 0.3 is 0 Å². The minimum atomic E-state index is -0.597. The van der Waals surface area contributed by atoms with E-state index >= 15 is 0 Å². The number of nitrogens with zero attached hydrogens (tertiary/aromatic N) is 1. The number of aliphatic hydroxyl groups is 1. The van der Waals surface area contributed by atoms with Gasteiger partial charge in [0.15, 0.2) is 0 Å². The maximum atomic E-state index is 9.97. The standard InChI is InChI=1S/C17H36N2O/c1-6-8-14-9-10-16(18-7-2)15(11-14)12-19(5)13-17(3,4)20/h14-16,18,20H,6-13H2,1-5H3. The maximum absolute atomic E-state index is 9.97. The molecule has 1 aliphatic rings. The average Bonchev–Trinajstić information content (AvgIpc) is 2.30. The van der Waals surface area contributed by atoms with Crippen molar-refractivity contribution in [2.75, 3.05) is 26.7 Å². The van der Waals surface area contributed by atoms with Crippen LogP contribution in [0.3, 0.4) is 0 Å². The van der Waals surface area contributed by atoms with Gasteiger partial charge in [0, 0.05) is 19.1 Å². The molecule has 0 saturated heterocycles. The van der Waals surface area contributed by atoms with Gasteiger partial charge in [-0.3, -0.25) is 0 Å². The molecule has 0 aliphatic heterocycles. The predicted octanol–water partition coefficient (Wildman–Crippen LogP) is 2.88. The van der Waals surface area contributed by atoms with Gasteiger partial charge in [0.1, 0.15) is 0 Å². The third kappa shape index (κ3) is 6.55. The third-order valence-electron chi connectivity index (χ3n) is 4.46. The van der Waals surface area contributed by atoms with E-state index in [4.69, 9.17) is 0 Å². The topological polar surface area (TPSA) is 35.5 Å². The highest BCUT2D eigenvalue weighted by Crippen LogP contribution is 2.32. The molecule has 0 aromatic heterocycles. The number of hydrogen-bond acceptors (Lipinski definition) is 3. The molecule has 2 N–H and O–H groups in total. The first-order chi connectivity index (χ1) is 9.35. The second kappa shape index (κ2) is 8.35. The maximum Gasteiger partial charge on any atom is 0.0718 e. The number of nitrogens with one attached hydrogen (secondary N) is 1. The van der Waals surface area contributed by atoms with E-state index < -0.39 is 5.60 Å². The van der Waals surface area contributed by atoms with Gasteiger partial charge in [-0.1, -0.05) is 26.7 Å². The van der Waals surface area contributed by atoms with Gasteiger partial charge < -0.3 is 15.3 Å². The first-order valence-electron chi connectivity index (χ1n) is 8.50. The van der Waals surface area contributed by atoms with E-state index in [9.17, 15) is 5.11 Å². The van der Waals surface area contributed by atoms with Gasteiger partial charge in [-0.05, 0) is 58.5 Å². The van der Waals surface area contributed by atoms with Crippen molar-refractivity contribution in [3.05, 3.63) is 0 Å². The first-order valence-corrected chi connectivity index (χ1v) is 8.50. The Morgan fingerprint density at radius 1 is 1.25 bits per heavy atom. The molecule has 0 radical (unpaired) electrons. The largest absolute Gasteiger partial charge is 0.389 e. The highest BCUT2D eigenvalue weighted by Gasteiger charge is 2.31. The van der Waals surface area contributed by atoms with Crippen molar-refractivity contribution in [1.82, 2.24) is 10.2 Å². The minimum Gasteiger partial charge on any atom is -0.389 e. The zero-order valence-electron chi connectivity index (χ0n) is 14.3. The van der Waals surface area contributed by atoms with Crippen LogP contribution < -0.4 is 5.32 Å². The summed E-state index contributed by atoms with van der Waals surface area (Å²) in [5.41, 5.74) is -0.597. The Kier molecular flexibility index (Phi) is 7.49. The molecule has 20 heavy (non-hydrogen) atoms. The third-order valence-corrected chi connectivity index (χ3v) is 4.46. The van der Waals surface area contributed by atoms with Crippen LogP contribution >= 0.6 is 0 Å². The van der Waals surface area contributed by atoms with E-state index in [1.807, 2.05) is 13.8 Å². The quantitative estimate of drug-likeness (QED) is 0.719. The van der Waals surface area contributed by atoms with Crippen molar-refractivity contribution in [1.29, 1.82) is 0 Å². The molecule has 3 atom stereocenters. The fourth-order valence-electron chi connectivity index (χ4n) is 3.89. The van der Waals surface area contributed by atoms with Crippen LogP contribution in [0.25, 0.3) is 0 Å². The van der Waals surface area contributed by atoms with Crippen molar-refractivity contribution in [2.24, 2.45) is 11.8 Å². The van der Waals surface area contributed by atoms with Gasteiger partial charge in [0.05, 0.1) is 5.60 Å². The highest BCUT2D eigenvalue weighted by atomic mass is 16.3. The molecule has 0 amide bonds. The molecule has 3 unspecified atom stereocenters. The van der Waals surface area contributed by atoms with Crippen LogP contribution in [-0.4, -0.2) is 48.3 Å². The second-order valence-electron chi connectivity index (χ2n) is 7.40. The fraction of sp³-hybridized carbons (Fsp3) is 1.00. The van der Waals surface area contributed by atoms with Crippen molar-refractivity contribution < 1.29 is 5.11 Å². The van der Waals surface area contributed by atoms with E-state index in [2.05, 4.69) is 31.1 Å². The van der Waals surface area contributed by atoms with Gasteiger partial charge in [0.25, 0.3) is 0 Å². The second-order valence-corrected chi connectivity index (χ2v) is 7.40. The van der Waals surface area contributed by atoms with E-state index in [1.165, 1.54) is 32.1 Å². The van der Waals surface area contributed by atoms with E-state index in [0.29, 0.717) is 6.04 Å². The molecule has 0 heterocycles. The molecule has 0 bridgehead atoms. The van der Waals surface area contributed by atoms with Gasteiger partial charge in [-0.25, -0.2) is 0 Å². The van der Waals surface area contributed by atoms with Crippen LogP contribution in [0.15, 0.2) is 0 Å². The highest BCUT2D eigenvalue weighted by molar-refractivity contribution is 4.86. The summed E-state index contributed by atoms with van der Waals surface area (Å²) in [6.45, 7) is 11.2. The Labute approximate surface area is 126 Å². The molecule has 0 aromatic rings. The smallest absolute Gasteiger partial charge is 0.0718 e. The zero-order chi connectivity index (χ0) is 15.2. The Bertz CT molecular complexity index is 262. The van der Waals surface area contributed by atoms with Crippen LogP contribution in [-0.2, 0) is 0 Å². The lowest BCUT2D eigenvalue weighted by Crippen LogP contribution is -2.47. The Morgan fingerprint density at radius 2 is 1.95 bits per heavy atom. The number of likely N-dealkylation sites (N-methyl/N-ethyl adjacent to an activating group) is 1. The zero-order valence-corrected chi connectivity index (χ0v) is 14.3. The van der Waals surface area contributed by atoms with Gasteiger partial charge in [-0.2, -0.15) is 0 Å². The lowest BCUT2D eigenvalue weighted by Gasteiger charge is -2.39. The Morgan fingerprint density at radius 3 is 2.50 bits per heavy atom. The summed E-state index contributed by atoms with van der Waals surface area (Å²) in [6, 6.07) is 0.664. The molecule has 3 nitrogen and oxygen atoms in total. The molecule has 1 fully saturated rings. The van der Waals surface area contributed by atoms with Gasteiger partial charge in [-0.15, -0.1) is 0 Å². The van der Waals surface area contributed by atoms with E-state index in [-0.39, 0.29) is 0 Å². The summed E-state index contributed by atoms with van der Waals surface area (Å²) in [6.07, 6.45) is 6.74. The summed E-state index contributed by atoms with van der Waals surface area (Å²) in [5, 5.41) is 13.6. The van der Waals surface area contributed by atoms with Crippen molar-refractivity contribution in [3.63, 3.8) is 0 Å². The lowest BCUT2D eigenvalue weighted by molar-refractivity contribution is 0.0334. The molecule has 1 rings (SSSR count). The van der Waals surface area contributed by atoms with Crippen LogP contribution in [0.4, 0.5) is 0 Å². The van der Waals surface area contributed by atoms with Gasteiger partial charge in [0.2, 0.25) is 0 Å². The summed E-state index contributed by atoms with van der Waals surface area (Å²) in [7, 11) is 2.14. The monoisotopic (exact) mass is 284 g/mol. The van der Waals surface area contributed by atoms with E-state index in [1.54, 1.807) is 0 Å². The SMILES string of the molecule is CCCC1CCC(NCC)C(CN(C)CC(C)(C)O)C1. The molecule has 0 aromatic carbocycles. The Balaban J connectivity index is 2.54.